The lowest BCUT2D eigenvalue weighted by Gasteiger charge is -2.16. The average Bonchev–Trinajstić information content (AvgIpc) is 2.44. The van der Waals surface area contributed by atoms with Gasteiger partial charge in [0.15, 0.2) is 6.20 Å². The van der Waals surface area contributed by atoms with Gasteiger partial charge in [-0.3, -0.25) is 0 Å². The van der Waals surface area contributed by atoms with Crippen LogP contribution in [0.15, 0.2) is 42.6 Å². The van der Waals surface area contributed by atoms with Crippen molar-refractivity contribution in [2.45, 2.75) is 13.0 Å². The second kappa shape index (κ2) is 7.07. The first kappa shape index (κ1) is 15.3. The molecule has 20 heavy (non-hydrogen) atoms. The Morgan fingerprint density at radius 2 is 1.85 bits per heavy atom. The number of benzene rings is 1. The molecule has 2 aromatic rings. The van der Waals surface area contributed by atoms with Crippen LogP contribution < -0.4 is 4.57 Å². The average molecular weight is 310 g/mol. The van der Waals surface area contributed by atoms with Crippen molar-refractivity contribution in [3.8, 4) is 0 Å². The van der Waals surface area contributed by atoms with Crippen LogP contribution in [0.5, 0.6) is 0 Å². The molecule has 1 heterocycles. The minimum atomic E-state index is 0.644. The Bertz CT molecular complexity index is 570. The summed E-state index contributed by atoms with van der Waals surface area (Å²) in [7, 11) is 4.03. The molecule has 0 atom stereocenters. The summed E-state index contributed by atoms with van der Waals surface area (Å²) >= 11 is 12.3. The molecule has 0 saturated heterocycles. The van der Waals surface area contributed by atoms with E-state index in [2.05, 4.69) is 36.2 Å². The van der Waals surface area contributed by atoms with Gasteiger partial charge in [-0.05, 0) is 30.6 Å². The number of halogens is 2. The quantitative estimate of drug-likeness (QED) is 0.606. The lowest BCUT2D eigenvalue weighted by molar-refractivity contribution is -0.669. The maximum absolute atomic E-state index is 6.24. The van der Waals surface area contributed by atoms with Gasteiger partial charge in [0.2, 0.25) is 0 Å². The van der Waals surface area contributed by atoms with Crippen molar-refractivity contribution in [1.82, 2.24) is 4.90 Å². The molecule has 1 aromatic heterocycles. The summed E-state index contributed by atoms with van der Waals surface area (Å²) in [5, 5.41) is 1.37. The maximum atomic E-state index is 6.24. The van der Waals surface area contributed by atoms with Gasteiger partial charge in [-0.25, -0.2) is 0 Å². The maximum Gasteiger partial charge on any atom is 0.276 e. The Morgan fingerprint density at radius 3 is 2.55 bits per heavy atom. The number of hydrogen-bond acceptors (Lipinski definition) is 1. The van der Waals surface area contributed by atoms with Crippen LogP contribution in [0.2, 0.25) is 10.2 Å². The number of nitrogens with zero attached hydrogens (tertiary/aromatic N) is 2. The predicted molar refractivity (Wildman–Crippen MR) is 84.1 cm³/mol. The molecule has 0 unspecified atom stereocenters. The SMILES string of the molecule is CN(CCc1ccccc1)Cc1c[n+](C)c(Cl)cc1Cl. The Balaban J connectivity index is 1.95. The minimum Gasteiger partial charge on any atom is -0.301 e. The normalized spacial score (nSPS) is 11.1. The van der Waals surface area contributed by atoms with E-state index in [0.29, 0.717) is 5.15 Å². The van der Waals surface area contributed by atoms with Crippen molar-refractivity contribution in [2.75, 3.05) is 13.6 Å². The van der Waals surface area contributed by atoms with Crippen molar-refractivity contribution < 1.29 is 4.57 Å². The molecular formula is C16H19Cl2N2+. The smallest absolute Gasteiger partial charge is 0.276 e. The van der Waals surface area contributed by atoms with Crippen LogP contribution in [0.1, 0.15) is 11.1 Å². The van der Waals surface area contributed by atoms with E-state index in [1.54, 1.807) is 6.07 Å². The van der Waals surface area contributed by atoms with Crippen LogP contribution in [0.25, 0.3) is 0 Å². The summed E-state index contributed by atoms with van der Waals surface area (Å²) in [5.41, 5.74) is 2.45. The largest absolute Gasteiger partial charge is 0.301 e. The number of hydrogen-bond donors (Lipinski definition) is 0. The third-order valence-electron chi connectivity index (χ3n) is 3.30. The Labute approximate surface area is 130 Å². The lowest BCUT2D eigenvalue weighted by atomic mass is 10.1. The van der Waals surface area contributed by atoms with E-state index in [1.807, 2.05) is 23.9 Å². The zero-order chi connectivity index (χ0) is 14.5. The monoisotopic (exact) mass is 309 g/mol. The highest BCUT2D eigenvalue weighted by molar-refractivity contribution is 6.33. The molecule has 0 amide bonds. The van der Waals surface area contributed by atoms with Gasteiger partial charge < -0.3 is 4.90 Å². The van der Waals surface area contributed by atoms with Crippen LogP contribution in [0, 0.1) is 0 Å². The van der Waals surface area contributed by atoms with Gasteiger partial charge in [-0.2, -0.15) is 4.57 Å². The van der Waals surface area contributed by atoms with Gasteiger partial charge in [-0.15, -0.1) is 0 Å². The van der Waals surface area contributed by atoms with Gasteiger partial charge in [-0.1, -0.05) is 41.9 Å². The second-order valence-corrected chi connectivity index (χ2v) is 5.85. The molecule has 0 aliphatic rings. The third kappa shape index (κ3) is 4.20. The molecule has 0 radical (unpaired) electrons. The van der Waals surface area contributed by atoms with E-state index in [4.69, 9.17) is 23.2 Å². The van der Waals surface area contributed by atoms with Gasteiger partial charge in [0, 0.05) is 24.7 Å². The highest BCUT2D eigenvalue weighted by Gasteiger charge is 2.12. The number of pyridine rings is 1. The van der Waals surface area contributed by atoms with E-state index in [1.165, 1.54) is 5.56 Å². The first-order valence-electron chi connectivity index (χ1n) is 6.62. The Kier molecular flexibility index (Phi) is 5.41. The van der Waals surface area contributed by atoms with E-state index in [-0.39, 0.29) is 0 Å². The molecule has 0 spiro atoms. The molecule has 0 saturated carbocycles. The number of aryl methyl sites for hydroxylation is 1. The van der Waals surface area contributed by atoms with Crippen LogP contribution in [-0.4, -0.2) is 18.5 Å². The summed E-state index contributed by atoms with van der Waals surface area (Å²) in [5.74, 6) is 0. The first-order chi connectivity index (χ1) is 9.56. The fraction of sp³-hybridized carbons (Fsp3) is 0.312. The lowest BCUT2D eigenvalue weighted by Crippen LogP contribution is -2.31. The summed E-state index contributed by atoms with van der Waals surface area (Å²) in [6.45, 7) is 1.81. The van der Waals surface area contributed by atoms with E-state index in [0.717, 1.165) is 30.1 Å². The third-order valence-corrected chi connectivity index (χ3v) is 4.03. The van der Waals surface area contributed by atoms with E-state index >= 15 is 0 Å². The van der Waals surface area contributed by atoms with Crippen LogP contribution in [0.4, 0.5) is 0 Å². The number of aromatic nitrogens is 1. The van der Waals surface area contributed by atoms with E-state index < -0.39 is 0 Å². The van der Waals surface area contributed by atoms with Gasteiger partial charge in [0.05, 0.1) is 5.02 Å². The predicted octanol–water partition coefficient (Wildman–Crippen LogP) is 3.49. The topological polar surface area (TPSA) is 7.12 Å². The van der Waals surface area contributed by atoms with Crippen LogP contribution >= 0.6 is 23.2 Å². The van der Waals surface area contributed by atoms with Gasteiger partial charge in [0.25, 0.3) is 5.15 Å². The zero-order valence-electron chi connectivity index (χ0n) is 11.8. The fourth-order valence-electron chi connectivity index (χ4n) is 2.11. The molecule has 2 nitrogen and oxygen atoms in total. The summed E-state index contributed by atoms with van der Waals surface area (Å²) in [6.07, 6.45) is 3.03. The molecule has 0 N–H and O–H groups in total. The first-order valence-corrected chi connectivity index (χ1v) is 7.38. The summed E-state index contributed by atoms with van der Waals surface area (Å²) in [4.78, 5) is 2.27. The molecule has 2 rings (SSSR count). The molecule has 0 fully saturated rings. The molecule has 0 aliphatic heterocycles. The van der Waals surface area contributed by atoms with E-state index in [9.17, 15) is 0 Å². The minimum absolute atomic E-state index is 0.644. The zero-order valence-corrected chi connectivity index (χ0v) is 13.3. The fourth-order valence-corrected chi connectivity index (χ4v) is 2.53. The molecule has 0 bridgehead atoms. The Morgan fingerprint density at radius 1 is 1.15 bits per heavy atom. The molecule has 0 aliphatic carbocycles. The standard InChI is InChI=1S/C16H19Cl2N2/c1-19(9-8-13-6-4-3-5-7-13)11-14-12-20(2)16(18)10-15(14)17/h3-7,10,12H,8-9,11H2,1-2H3/q+1. The number of rotatable bonds is 5. The summed E-state index contributed by atoms with van der Waals surface area (Å²) in [6, 6.07) is 12.3. The molecule has 1 aromatic carbocycles. The van der Waals surface area contributed by atoms with Crippen molar-refractivity contribution in [1.29, 1.82) is 0 Å². The summed E-state index contributed by atoms with van der Waals surface area (Å²) < 4.78 is 1.88. The van der Waals surface area contributed by atoms with Gasteiger partial charge >= 0.3 is 0 Å². The molecule has 4 heteroatoms. The number of likely N-dealkylation sites (N-methyl/N-ethyl adjacent to an activating group) is 1. The van der Waals surface area contributed by atoms with Crippen LogP contribution in [0.3, 0.4) is 0 Å². The highest BCUT2D eigenvalue weighted by Crippen LogP contribution is 2.18. The van der Waals surface area contributed by atoms with Crippen molar-refractivity contribution in [2.24, 2.45) is 7.05 Å². The van der Waals surface area contributed by atoms with Crippen molar-refractivity contribution >= 4 is 23.2 Å². The second-order valence-electron chi connectivity index (χ2n) is 5.05. The van der Waals surface area contributed by atoms with Crippen molar-refractivity contribution in [3.63, 3.8) is 0 Å². The van der Waals surface area contributed by atoms with Gasteiger partial charge in [0.1, 0.15) is 7.05 Å². The van der Waals surface area contributed by atoms with Crippen LogP contribution in [-0.2, 0) is 20.0 Å². The molecule has 106 valence electrons. The highest BCUT2D eigenvalue weighted by atomic mass is 35.5. The Hall–Kier alpha value is -1.09. The van der Waals surface area contributed by atoms with Crippen molar-refractivity contribution in [3.05, 3.63) is 63.9 Å². The molecular weight excluding hydrogens is 291 g/mol.